The molecule has 5 nitrogen and oxygen atoms in total. The van der Waals surface area contributed by atoms with Gasteiger partial charge in [-0.25, -0.2) is 8.78 Å². The molecule has 2 aliphatic heterocycles. The van der Waals surface area contributed by atoms with Crippen LogP contribution in [0.1, 0.15) is 42.1 Å². The van der Waals surface area contributed by atoms with Crippen molar-refractivity contribution >= 4 is 5.91 Å². The zero-order chi connectivity index (χ0) is 18.2. The molecule has 2 aliphatic rings. The van der Waals surface area contributed by atoms with E-state index in [4.69, 9.17) is 4.74 Å². The lowest BCUT2D eigenvalue weighted by atomic mass is 9.73. The Bertz CT molecular complexity index is 671. The molecule has 0 aliphatic carbocycles. The smallest absolute Gasteiger partial charge is 0.257 e. The fraction of sp³-hybridized carbons (Fsp3) is 0.611. The summed E-state index contributed by atoms with van der Waals surface area (Å²) in [5.41, 5.74) is -2.18. The molecule has 1 amide bonds. The van der Waals surface area contributed by atoms with Gasteiger partial charge in [-0.2, -0.15) is 0 Å². The monoisotopic (exact) mass is 354 g/mol. The van der Waals surface area contributed by atoms with E-state index in [-0.39, 0.29) is 5.56 Å². The molecule has 3 rings (SSSR count). The summed E-state index contributed by atoms with van der Waals surface area (Å²) in [6, 6.07) is 2.36. The second kappa shape index (κ2) is 6.63. The molecule has 0 saturated carbocycles. The number of aryl methyl sites for hydroxylation is 1. The van der Waals surface area contributed by atoms with Crippen molar-refractivity contribution in [2.24, 2.45) is 0 Å². The number of ether oxygens (including phenoxy) is 1. The number of carbonyl (C=O) groups excluding carboxylic acids is 1. The van der Waals surface area contributed by atoms with Gasteiger partial charge in [0.15, 0.2) is 0 Å². The highest BCUT2D eigenvalue weighted by Gasteiger charge is 2.53. The van der Waals surface area contributed by atoms with Crippen molar-refractivity contribution in [3.63, 3.8) is 0 Å². The third-order valence-corrected chi connectivity index (χ3v) is 5.47. The first-order valence-corrected chi connectivity index (χ1v) is 8.59. The van der Waals surface area contributed by atoms with Gasteiger partial charge < -0.3 is 20.5 Å². The van der Waals surface area contributed by atoms with Crippen LogP contribution in [0.2, 0.25) is 0 Å². The molecule has 2 heterocycles. The largest absolute Gasteiger partial charge is 0.388 e. The predicted molar refractivity (Wildman–Crippen MR) is 88.4 cm³/mol. The molecule has 2 atom stereocenters. The molecule has 138 valence electrons. The Morgan fingerprint density at radius 3 is 2.68 bits per heavy atom. The van der Waals surface area contributed by atoms with Gasteiger partial charge in [0.25, 0.3) is 5.91 Å². The number of amides is 1. The van der Waals surface area contributed by atoms with Gasteiger partial charge in [-0.3, -0.25) is 4.79 Å². The maximum absolute atomic E-state index is 14.2. The highest BCUT2D eigenvalue weighted by Crippen LogP contribution is 2.38. The topological polar surface area (TPSA) is 70.6 Å². The summed E-state index contributed by atoms with van der Waals surface area (Å²) in [4.78, 5) is 12.6. The van der Waals surface area contributed by atoms with E-state index in [0.29, 0.717) is 39.0 Å². The molecule has 2 fully saturated rings. The lowest BCUT2D eigenvalue weighted by Crippen LogP contribution is -2.69. The average molecular weight is 354 g/mol. The number of carbonyl (C=O) groups is 1. The fourth-order valence-corrected chi connectivity index (χ4v) is 3.85. The highest BCUT2D eigenvalue weighted by molar-refractivity contribution is 5.95. The number of aliphatic hydroxyl groups is 1. The summed E-state index contributed by atoms with van der Waals surface area (Å²) >= 11 is 0. The number of benzene rings is 1. The Balaban J connectivity index is 1.86. The molecule has 7 heteroatoms. The average Bonchev–Trinajstić information content (AvgIpc) is 2.57. The van der Waals surface area contributed by atoms with Crippen LogP contribution >= 0.6 is 0 Å². The Hall–Kier alpha value is -1.57. The summed E-state index contributed by atoms with van der Waals surface area (Å²) in [5, 5.41) is 16.8. The van der Waals surface area contributed by atoms with E-state index in [2.05, 4.69) is 10.6 Å². The molecule has 1 aromatic rings. The maximum Gasteiger partial charge on any atom is 0.257 e. The van der Waals surface area contributed by atoms with Gasteiger partial charge in [-0.05, 0) is 57.8 Å². The SMILES string of the molecule is Cc1ccc(F)c(C(=O)N[C@]2(C)CCOC3(CCNCC3)[C@H]2O)c1F. The number of aliphatic hydroxyl groups excluding tert-OH is 1. The molecule has 1 spiro atoms. The molecule has 0 unspecified atom stereocenters. The first kappa shape index (κ1) is 18.2. The van der Waals surface area contributed by atoms with Crippen molar-refractivity contribution in [3.05, 3.63) is 34.9 Å². The number of rotatable bonds is 2. The van der Waals surface area contributed by atoms with Gasteiger partial charge in [-0.1, -0.05) is 6.07 Å². The van der Waals surface area contributed by atoms with E-state index in [1.54, 1.807) is 6.92 Å². The van der Waals surface area contributed by atoms with Crippen LogP contribution in [0.4, 0.5) is 8.78 Å². The highest BCUT2D eigenvalue weighted by atomic mass is 19.1. The lowest BCUT2D eigenvalue weighted by Gasteiger charge is -2.52. The molecule has 0 radical (unpaired) electrons. The Morgan fingerprint density at radius 1 is 1.32 bits per heavy atom. The third kappa shape index (κ3) is 3.16. The number of nitrogens with one attached hydrogen (secondary N) is 2. The van der Waals surface area contributed by atoms with Crippen LogP contribution in [0, 0.1) is 18.6 Å². The van der Waals surface area contributed by atoms with Gasteiger partial charge in [-0.15, -0.1) is 0 Å². The van der Waals surface area contributed by atoms with Crippen LogP contribution in [0.25, 0.3) is 0 Å². The summed E-state index contributed by atoms with van der Waals surface area (Å²) in [6.45, 7) is 4.96. The van der Waals surface area contributed by atoms with E-state index < -0.39 is 40.3 Å². The van der Waals surface area contributed by atoms with Crippen LogP contribution in [0.5, 0.6) is 0 Å². The molecule has 2 saturated heterocycles. The first-order chi connectivity index (χ1) is 11.8. The molecular formula is C18H24F2N2O3. The van der Waals surface area contributed by atoms with Gasteiger partial charge in [0.2, 0.25) is 0 Å². The zero-order valence-electron chi connectivity index (χ0n) is 14.5. The van der Waals surface area contributed by atoms with Crippen LogP contribution in [0.15, 0.2) is 12.1 Å². The molecule has 25 heavy (non-hydrogen) atoms. The van der Waals surface area contributed by atoms with E-state index in [0.717, 1.165) is 6.07 Å². The standard InChI is InChI=1S/C18H24F2N2O3/c1-11-3-4-12(19)13(14(11)20)15(23)22-17(2)7-10-25-18(16(17)24)5-8-21-9-6-18/h3-4,16,21,24H,5-10H2,1-2H3,(H,22,23)/t16-,17+/m0/s1. The van der Waals surface area contributed by atoms with Crippen LogP contribution in [-0.4, -0.2) is 48.0 Å². The fourth-order valence-electron chi connectivity index (χ4n) is 3.85. The Labute approximate surface area is 145 Å². The van der Waals surface area contributed by atoms with E-state index in [1.807, 2.05) is 0 Å². The summed E-state index contributed by atoms with van der Waals surface area (Å²) in [7, 11) is 0. The maximum atomic E-state index is 14.2. The first-order valence-electron chi connectivity index (χ1n) is 8.59. The molecule has 1 aromatic carbocycles. The number of piperidine rings is 1. The van der Waals surface area contributed by atoms with Crippen molar-refractivity contribution in [3.8, 4) is 0 Å². The predicted octanol–water partition coefficient (Wildman–Crippen LogP) is 1.67. The van der Waals surface area contributed by atoms with Gasteiger partial charge in [0, 0.05) is 6.61 Å². The van der Waals surface area contributed by atoms with Crippen molar-refractivity contribution < 1.29 is 23.4 Å². The van der Waals surface area contributed by atoms with Crippen molar-refractivity contribution in [2.45, 2.75) is 50.4 Å². The van der Waals surface area contributed by atoms with Gasteiger partial charge >= 0.3 is 0 Å². The molecule has 0 bridgehead atoms. The molecular weight excluding hydrogens is 330 g/mol. The minimum atomic E-state index is -1.02. The summed E-state index contributed by atoms with van der Waals surface area (Å²) in [6.07, 6.45) is 0.639. The number of halogens is 2. The normalized spacial score (nSPS) is 28.8. The summed E-state index contributed by atoms with van der Waals surface area (Å²) < 4.78 is 34.1. The van der Waals surface area contributed by atoms with Crippen LogP contribution < -0.4 is 10.6 Å². The van der Waals surface area contributed by atoms with Crippen molar-refractivity contribution in [2.75, 3.05) is 19.7 Å². The van der Waals surface area contributed by atoms with E-state index in [9.17, 15) is 18.7 Å². The second-order valence-electron chi connectivity index (χ2n) is 7.24. The Kier molecular flexibility index (Phi) is 4.83. The quantitative estimate of drug-likeness (QED) is 0.756. The number of hydrogen-bond donors (Lipinski definition) is 3. The van der Waals surface area contributed by atoms with E-state index >= 15 is 0 Å². The summed E-state index contributed by atoms with van der Waals surface area (Å²) in [5.74, 6) is -2.65. The lowest BCUT2D eigenvalue weighted by molar-refractivity contribution is -0.197. The molecule has 3 N–H and O–H groups in total. The third-order valence-electron chi connectivity index (χ3n) is 5.47. The minimum Gasteiger partial charge on any atom is -0.388 e. The van der Waals surface area contributed by atoms with Crippen molar-refractivity contribution in [1.29, 1.82) is 0 Å². The number of hydrogen-bond acceptors (Lipinski definition) is 4. The van der Waals surface area contributed by atoms with Crippen LogP contribution in [-0.2, 0) is 4.74 Å². The van der Waals surface area contributed by atoms with Crippen molar-refractivity contribution in [1.82, 2.24) is 10.6 Å². The minimum absolute atomic E-state index is 0.194. The van der Waals surface area contributed by atoms with E-state index in [1.165, 1.54) is 13.0 Å². The Morgan fingerprint density at radius 2 is 2.00 bits per heavy atom. The molecule has 0 aromatic heterocycles. The van der Waals surface area contributed by atoms with Gasteiger partial charge in [0.1, 0.15) is 23.3 Å². The van der Waals surface area contributed by atoms with Gasteiger partial charge in [0.05, 0.1) is 11.1 Å². The van der Waals surface area contributed by atoms with Crippen LogP contribution in [0.3, 0.4) is 0 Å². The second-order valence-corrected chi connectivity index (χ2v) is 7.24. The zero-order valence-corrected chi connectivity index (χ0v) is 14.5.